The maximum atomic E-state index is 12.5. The Kier molecular flexibility index (Phi) is 8.97. The van der Waals surface area contributed by atoms with Crippen LogP contribution < -0.4 is 10.6 Å². The lowest BCUT2D eigenvalue weighted by molar-refractivity contribution is -0.128. The van der Waals surface area contributed by atoms with Crippen molar-refractivity contribution in [1.82, 2.24) is 15.5 Å². The number of imide groups is 1. The summed E-state index contributed by atoms with van der Waals surface area (Å²) in [4.78, 5) is 49.8. The quantitative estimate of drug-likeness (QED) is 0.426. The van der Waals surface area contributed by atoms with E-state index in [4.69, 9.17) is 23.2 Å². The molecule has 7 nitrogen and oxygen atoms in total. The summed E-state index contributed by atoms with van der Waals surface area (Å²) in [5.41, 5.74) is 0.0760. The van der Waals surface area contributed by atoms with Gasteiger partial charge in [0.15, 0.2) is 0 Å². The topological polar surface area (TPSA) is 95.6 Å². The lowest BCUT2D eigenvalue weighted by atomic mass is 9.96. The second-order valence-corrected chi connectivity index (χ2v) is 9.71. The zero-order valence-electron chi connectivity index (χ0n) is 17.6. The van der Waals surface area contributed by atoms with Gasteiger partial charge < -0.3 is 10.6 Å². The number of carbonyl (C=O) groups is 4. The predicted molar refractivity (Wildman–Crippen MR) is 124 cm³/mol. The molecule has 1 saturated heterocycles. The molecule has 0 unspecified atom stereocenters. The van der Waals surface area contributed by atoms with Crippen LogP contribution in [0.3, 0.4) is 0 Å². The molecule has 0 spiro atoms. The largest absolute Gasteiger partial charge is 0.356 e. The number of carbonyl (C=O) groups excluding carboxylic acids is 4. The monoisotopic (exact) mass is 485 g/mol. The van der Waals surface area contributed by atoms with Crippen LogP contribution in [0.25, 0.3) is 6.08 Å². The third-order valence-electron chi connectivity index (χ3n) is 4.35. The summed E-state index contributed by atoms with van der Waals surface area (Å²) < 4.78 is 0. The fourth-order valence-electron chi connectivity index (χ4n) is 2.58. The number of halogens is 2. The molecule has 1 heterocycles. The van der Waals surface area contributed by atoms with Crippen molar-refractivity contribution in [2.24, 2.45) is 5.41 Å². The summed E-state index contributed by atoms with van der Waals surface area (Å²) in [6, 6.07) is 5.04. The Bertz CT molecular complexity index is 912. The van der Waals surface area contributed by atoms with Crippen LogP contribution in [0.1, 0.15) is 39.2 Å². The van der Waals surface area contributed by atoms with Crippen molar-refractivity contribution >= 4 is 64.0 Å². The molecule has 0 radical (unpaired) electrons. The Morgan fingerprint density at radius 3 is 2.52 bits per heavy atom. The number of nitrogens with one attached hydrogen (secondary N) is 2. The van der Waals surface area contributed by atoms with Crippen LogP contribution in [-0.4, -0.2) is 47.5 Å². The molecule has 1 aromatic carbocycles. The van der Waals surface area contributed by atoms with E-state index in [2.05, 4.69) is 10.6 Å². The Morgan fingerprint density at radius 2 is 1.84 bits per heavy atom. The molecule has 4 amide bonds. The van der Waals surface area contributed by atoms with Crippen LogP contribution >= 0.6 is 35.0 Å². The Balaban J connectivity index is 1.78. The summed E-state index contributed by atoms with van der Waals surface area (Å²) in [7, 11) is 0. The normalized spacial score (nSPS) is 15.5. The molecule has 0 aliphatic carbocycles. The summed E-state index contributed by atoms with van der Waals surface area (Å²) in [5, 5.41) is 5.72. The van der Waals surface area contributed by atoms with E-state index in [0.29, 0.717) is 28.6 Å². The zero-order valence-corrected chi connectivity index (χ0v) is 19.9. The van der Waals surface area contributed by atoms with E-state index in [1.807, 2.05) is 20.8 Å². The number of amides is 4. The first kappa shape index (κ1) is 25.2. The summed E-state index contributed by atoms with van der Waals surface area (Å²) >= 11 is 12.9. The first-order valence-electron chi connectivity index (χ1n) is 9.75. The third-order valence-corrected chi connectivity index (χ3v) is 6.09. The highest BCUT2D eigenvalue weighted by molar-refractivity contribution is 8.18. The van der Waals surface area contributed by atoms with Crippen molar-refractivity contribution in [2.75, 3.05) is 19.6 Å². The van der Waals surface area contributed by atoms with Gasteiger partial charge in [-0.2, -0.15) is 0 Å². The average Bonchev–Trinajstić information content (AvgIpc) is 2.95. The van der Waals surface area contributed by atoms with Crippen molar-refractivity contribution in [2.45, 2.75) is 33.6 Å². The minimum Gasteiger partial charge on any atom is -0.356 e. The van der Waals surface area contributed by atoms with Crippen LogP contribution in [0.5, 0.6) is 0 Å². The smallest absolute Gasteiger partial charge is 0.293 e. The zero-order chi connectivity index (χ0) is 23.2. The molecule has 31 heavy (non-hydrogen) atoms. The molecule has 2 N–H and O–H groups in total. The first-order chi connectivity index (χ1) is 14.5. The lowest BCUT2D eigenvalue weighted by Gasteiger charge is -2.17. The highest BCUT2D eigenvalue weighted by atomic mass is 35.5. The van der Waals surface area contributed by atoms with Gasteiger partial charge in [-0.25, -0.2) is 0 Å². The molecular weight excluding hydrogens is 461 g/mol. The number of nitrogens with zero attached hydrogens (tertiary/aromatic N) is 1. The fraction of sp³-hybridized carbons (Fsp3) is 0.429. The Hall–Kier alpha value is -2.03. The van der Waals surface area contributed by atoms with Gasteiger partial charge in [0.25, 0.3) is 11.1 Å². The molecule has 10 heteroatoms. The van der Waals surface area contributed by atoms with Gasteiger partial charge >= 0.3 is 0 Å². The van der Waals surface area contributed by atoms with Crippen LogP contribution in [0.15, 0.2) is 23.1 Å². The Labute approximate surface area is 195 Å². The number of thioether (sulfide) groups is 1. The van der Waals surface area contributed by atoms with Gasteiger partial charge in [0, 0.05) is 31.5 Å². The van der Waals surface area contributed by atoms with E-state index in [0.717, 1.165) is 16.7 Å². The molecule has 168 valence electrons. The van der Waals surface area contributed by atoms with Gasteiger partial charge in [0.2, 0.25) is 11.8 Å². The molecule has 1 fully saturated rings. The van der Waals surface area contributed by atoms with Gasteiger partial charge in [-0.1, -0.05) is 56.1 Å². The van der Waals surface area contributed by atoms with Gasteiger partial charge in [0.1, 0.15) is 0 Å². The van der Waals surface area contributed by atoms with E-state index >= 15 is 0 Å². The molecule has 0 aromatic heterocycles. The number of hydrogen-bond acceptors (Lipinski definition) is 5. The average molecular weight is 486 g/mol. The molecule has 2 rings (SSSR count). The van der Waals surface area contributed by atoms with Crippen LogP contribution in [0, 0.1) is 5.41 Å². The highest BCUT2D eigenvalue weighted by Gasteiger charge is 2.34. The lowest BCUT2D eigenvalue weighted by Crippen LogP contribution is -2.38. The minimum atomic E-state index is -0.472. The second-order valence-electron chi connectivity index (χ2n) is 7.94. The van der Waals surface area contributed by atoms with Crippen molar-refractivity contribution in [3.05, 3.63) is 38.7 Å². The van der Waals surface area contributed by atoms with Crippen molar-refractivity contribution in [3.8, 4) is 0 Å². The maximum absolute atomic E-state index is 12.5. The van der Waals surface area contributed by atoms with E-state index < -0.39 is 16.6 Å². The third kappa shape index (κ3) is 7.26. The fourth-order valence-corrected chi connectivity index (χ4v) is 3.80. The van der Waals surface area contributed by atoms with E-state index in [1.54, 1.807) is 18.2 Å². The van der Waals surface area contributed by atoms with Crippen molar-refractivity contribution in [1.29, 1.82) is 0 Å². The standard InChI is InChI=1S/C21H25Cl2N3O4S/c1-21(2,3)19(29)25-9-5-8-16(27)24-10-11-26-18(28)15(31-20(26)30)12-13-6-4-7-14(22)17(13)23/h4,6-7,12H,5,8-11H2,1-3H3,(H,24,27)(H,25,29). The number of benzene rings is 1. The van der Waals surface area contributed by atoms with Crippen LogP contribution in [-0.2, 0) is 14.4 Å². The SMILES string of the molecule is CC(C)(C)C(=O)NCCCC(=O)NCCN1C(=O)SC(=Cc2cccc(Cl)c2Cl)C1=O. The first-order valence-corrected chi connectivity index (χ1v) is 11.3. The molecule has 1 aromatic rings. The van der Waals surface area contributed by atoms with Crippen LogP contribution in [0.4, 0.5) is 4.79 Å². The van der Waals surface area contributed by atoms with Gasteiger partial charge in [0.05, 0.1) is 15.0 Å². The molecule has 0 saturated carbocycles. The van der Waals surface area contributed by atoms with Crippen LogP contribution in [0.2, 0.25) is 10.0 Å². The predicted octanol–water partition coefficient (Wildman–Crippen LogP) is 4.09. The molecule has 1 aliphatic heterocycles. The Morgan fingerprint density at radius 1 is 1.13 bits per heavy atom. The van der Waals surface area contributed by atoms with Gasteiger partial charge in [-0.05, 0) is 35.9 Å². The van der Waals surface area contributed by atoms with E-state index in [-0.39, 0.29) is 36.2 Å². The summed E-state index contributed by atoms with van der Waals surface area (Å²) in [6.07, 6.45) is 2.27. The molecule has 0 bridgehead atoms. The summed E-state index contributed by atoms with van der Waals surface area (Å²) in [6.45, 7) is 6.08. The molecule has 1 aliphatic rings. The van der Waals surface area contributed by atoms with E-state index in [1.165, 1.54) is 6.08 Å². The number of rotatable bonds is 8. The van der Waals surface area contributed by atoms with Crippen molar-refractivity contribution < 1.29 is 19.2 Å². The number of hydrogen-bond donors (Lipinski definition) is 2. The minimum absolute atomic E-state index is 0.0672. The molecule has 0 atom stereocenters. The van der Waals surface area contributed by atoms with E-state index in [9.17, 15) is 19.2 Å². The second kappa shape index (κ2) is 11.0. The van der Waals surface area contributed by atoms with Crippen molar-refractivity contribution in [3.63, 3.8) is 0 Å². The summed E-state index contributed by atoms with van der Waals surface area (Å²) in [5.74, 6) is -0.720. The van der Waals surface area contributed by atoms with Gasteiger partial charge in [-0.15, -0.1) is 0 Å². The maximum Gasteiger partial charge on any atom is 0.293 e. The molecular formula is C21H25Cl2N3O4S. The van der Waals surface area contributed by atoms with Gasteiger partial charge in [-0.3, -0.25) is 24.1 Å². The highest BCUT2D eigenvalue weighted by Crippen LogP contribution is 2.34.